The summed E-state index contributed by atoms with van der Waals surface area (Å²) in [4.78, 5) is 4.10. The summed E-state index contributed by atoms with van der Waals surface area (Å²) in [7, 11) is 0. The first kappa shape index (κ1) is 7.95. The van der Waals surface area contributed by atoms with E-state index in [1.807, 2.05) is 29.6 Å². The molecule has 0 aliphatic carbocycles. The zero-order valence-corrected chi connectivity index (χ0v) is 8.52. The molecule has 0 spiro atoms. The van der Waals surface area contributed by atoms with Crippen LogP contribution in [0, 0.1) is 6.20 Å². The van der Waals surface area contributed by atoms with E-state index in [1.54, 1.807) is 11.3 Å². The molecule has 1 aromatic carbocycles. The van der Waals surface area contributed by atoms with Gasteiger partial charge in [0.05, 0.1) is 0 Å². The lowest BCUT2D eigenvalue weighted by atomic mass is 10.2. The normalized spacial score (nSPS) is 10.1. The average Bonchev–Trinajstić information content (AvgIpc) is 2.56. The van der Waals surface area contributed by atoms with Crippen LogP contribution in [-0.4, -0.2) is 4.98 Å². The van der Waals surface area contributed by atoms with Crippen molar-refractivity contribution in [1.29, 1.82) is 0 Å². The predicted octanol–water partition coefficient (Wildman–Crippen LogP) is 3.37. The van der Waals surface area contributed by atoms with Gasteiger partial charge in [-0.05, 0) is 12.1 Å². The fourth-order valence-electron chi connectivity index (χ4n) is 0.948. The van der Waals surface area contributed by atoms with Crippen LogP contribution in [0.1, 0.15) is 0 Å². The molecule has 2 aromatic rings. The molecule has 0 N–H and O–H groups in total. The largest absolute Gasteiger partial charge is 0.234 e. The maximum absolute atomic E-state index is 4.10. The molecular formula is C9H5BrNS. The Morgan fingerprint density at radius 2 is 2.33 bits per heavy atom. The van der Waals surface area contributed by atoms with Crippen molar-refractivity contribution in [3.05, 3.63) is 40.3 Å². The summed E-state index contributed by atoms with van der Waals surface area (Å²) in [5.74, 6) is 0. The van der Waals surface area contributed by atoms with Gasteiger partial charge in [-0.25, -0.2) is 4.98 Å². The Kier molecular flexibility index (Phi) is 2.23. The van der Waals surface area contributed by atoms with Crippen LogP contribution >= 0.6 is 27.3 Å². The van der Waals surface area contributed by atoms with Crippen LogP contribution < -0.4 is 0 Å². The van der Waals surface area contributed by atoms with Crippen LogP contribution in [0.15, 0.2) is 34.1 Å². The molecule has 3 heteroatoms. The number of aromatic nitrogens is 1. The minimum atomic E-state index is 1.01. The van der Waals surface area contributed by atoms with Gasteiger partial charge in [-0.2, -0.15) is 0 Å². The van der Waals surface area contributed by atoms with E-state index in [2.05, 4.69) is 27.1 Å². The van der Waals surface area contributed by atoms with Gasteiger partial charge in [0.25, 0.3) is 0 Å². The van der Waals surface area contributed by atoms with Gasteiger partial charge < -0.3 is 0 Å². The molecule has 1 aromatic heterocycles. The second-order valence-electron chi connectivity index (χ2n) is 2.29. The van der Waals surface area contributed by atoms with Gasteiger partial charge in [-0.3, -0.25) is 0 Å². The molecule has 1 nitrogen and oxygen atoms in total. The van der Waals surface area contributed by atoms with Gasteiger partial charge in [-0.15, -0.1) is 11.3 Å². The minimum absolute atomic E-state index is 1.01. The topological polar surface area (TPSA) is 12.9 Å². The van der Waals surface area contributed by atoms with Gasteiger partial charge in [0.15, 0.2) is 0 Å². The van der Waals surface area contributed by atoms with Crippen LogP contribution in [0.4, 0.5) is 0 Å². The van der Waals surface area contributed by atoms with Crippen molar-refractivity contribution in [3.8, 4) is 10.6 Å². The van der Waals surface area contributed by atoms with E-state index in [4.69, 9.17) is 0 Å². The molecule has 0 atom stereocenters. The summed E-state index contributed by atoms with van der Waals surface area (Å²) in [6, 6.07) is 8.09. The number of rotatable bonds is 1. The molecule has 0 fully saturated rings. The lowest BCUT2D eigenvalue weighted by molar-refractivity contribution is 1.39. The van der Waals surface area contributed by atoms with Gasteiger partial charge in [0, 0.05) is 15.4 Å². The van der Waals surface area contributed by atoms with E-state index < -0.39 is 0 Å². The number of halogens is 1. The Balaban J connectivity index is 2.48. The first-order valence-corrected chi connectivity index (χ1v) is 5.11. The minimum Gasteiger partial charge on any atom is -0.234 e. The predicted molar refractivity (Wildman–Crippen MR) is 54.1 cm³/mol. The van der Waals surface area contributed by atoms with Crippen molar-refractivity contribution < 1.29 is 0 Å². The molecule has 1 heterocycles. The molecule has 0 saturated heterocycles. The van der Waals surface area contributed by atoms with Crippen molar-refractivity contribution in [3.63, 3.8) is 0 Å². The fraction of sp³-hybridized carbons (Fsp3) is 0. The van der Waals surface area contributed by atoms with Gasteiger partial charge in [0.1, 0.15) is 11.2 Å². The van der Waals surface area contributed by atoms with E-state index in [0.29, 0.717) is 0 Å². The summed E-state index contributed by atoms with van der Waals surface area (Å²) < 4.78 is 1.08. The molecule has 0 unspecified atom stereocenters. The van der Waals surface area contributed by atoms with E-state index in [-0.39, 0.29) is 0 Å². The second-order valence-corrected chi connectivity index (χ2v) is 4.07. The lowest BCUT2D eigenvalue weighted by Gasteiger charge is -1.95. The molecule has 2 rings (SSSR count). The Hall–Kier alpha value is -0.670. The highest BCUT2D eigenvalue weighted by Gasteiger charge is 1.99. The molecule has 0 bridgehead atoms. The van der Waals surface area contributed by atoms with Gasteiger partial charge >= 0.3 is 0 Å². The molecule has 0 aliphatic heterocycles. The Morgan fingerprint density at radius 1 is 1.42 bits per heavy atom. The number of thiazole rings is 1. The quantitative estimate of drug-likeness (QED) is 0.743. The molecule has 1 radical (unpaired) electrons. The zero-order chi connectivity index (χ0) is 8.39. The number of nitrogens with zero attached hydrogens (tertiary/aromatic N) is 1. The standard InChI is InChI=1S/C9H5BrNS/c10-8-3-1-2-7(6-8)9-11-4-5-12-9/h1-3,5-6H. The lowest BCUT2D eigenvalue weighted by Crippen LogP contribution is -1.74. The number of hydrogen-bond acceptors (Lipinski definition) is 2. The Bertz CT molecular complexity index is 370. The molecule has 12 heavy (non-hydrogen) atoms. The van der Waals surface area contributed by atoms with E-state index in [1.165, 1.54) is 0 Å². The van der Waals surface area contributed by atoms with Crippen LogP contribution in [0.2, 0.25) is 0 Å². The van der Waals surface area contributed by atoms with E-state index >= 15 is 0 Å². The maximum Gasteiger partial charge on any atom is 0.124 e. The maximum atomic E-state index is 4.10. The third-order valence-corrected chi connectivity index (χ3v) is 2.73. The molecule has 0 amide bonds. The van der Waals surface area contributed by atoms with Crippen LogP contribution in [0.3, 0.4) is 0 Å². The SMILES string of the molecule is Brc1cccc(-c2n[c]cs2)c1. The number of hydrogen-bond donors (Lipinski definition) is 0. The van der Waals surface area contributed by atoms with Crippen LogP contribution in [-0.2, 0) is 0 Å². The fourth-order valence-corrected chi connectivity index (χ4v) is 1.93. The molecule has 59 valence electrons. The van der Waals surface area contributed by atoms with Gasteiger partial charge in [0.2, 0.25) is 0 Å². The van der Waals surface area contributed by atoms with Crippen molar-refractivity contribution in [1.82, 2.24) is 4.98 Å². The van der Waals surface area contributed by atoms with Gasteiger partial charge in [-0.1, -0.05) is 28.1 Å². The zero-order valence-electron chi connectivity index (χ0n) is 6.12. The highest BCUT2D eigenvalue weighted by molar-refractivity contribution is 9.10. The summed E-state index contributed by atoms with van der Waals surface area (Å²) in [6.45, 7) is 0. The number of benzene rings is 1. The average molecular weight is 239 g/mol. The Labute approximate surface area is 83.2 Å². The summed E-state index contributed by atoms with van der Waals surface area (Å²) >= 11 is 5.01. The van der Waals surface area contributed by atoms with E-state index in [9.17, 15) is 0 Å². The van der Waals surface area contributed by atoms with Crippen molar-refractivity contribution in [2.24, 2.45) is 0 Å². The molecule has 0 aliphatic rings. The highest BCUT2D eigenvalue weighted by Crippen LogP contribution is 2.23. The molecule has 0 saturated carbocycles. The first-order chi connectivity index (χ1) is 5.86. The third-order valence-electron chi connectivity index (χ3n) is 1.46. The van der Waals surface area contributed by atoms with Crippen molar-refractivity contribution >= 4 is 27.3 Å². The smallest absolute Gasteiger partial charge is 0.124 e. The Morgan fingerprint density at radius 3 is 3.00 bits per heavy atom. The molecular weight excluding hydrogens is 234 g/mol. The van der Waals surface area contributed by atoms with E-state index in [0.717, 1.165) is 15.0 Å². The monoisotopic (exact) mass is 238 g/mol. The van der Waals surface area contributed by atoms with Crippen molar-refractivity contribution in [2.75, 3.05) is 0 Å². The highest BCUT2D eigenvalue weighted by atomic mass is 79.9. The third kappa shape index (κ3) is 1.57. The van der Waals surface area contributed by atoms with Crippen molar-refractivity contribution in [2.45, 2.75) is 0 Å². The van der Waals surface area contributed by atoms with Crippen LogP contribution in [0.25, 0.3) is 10.6 Å². The summed E-state index contributed by atoms with van der Waals surface area (Å²) in [6.07, 6.45) is 2.80. The first-order valence-electron chi connectivity index (χ1n) is 3.44. The summed E-state index contributed by atoms with van der Waals surface area (Å²) in [5, 5.41) is 2.87. The summed E-state index contributed by atoms with van der Waals surface area (Å²) in [5.41, 5.74) is 1.13. The second kappa shape index (κ2) is 3.37. The van der Waals surface area contributed by atoms with Crippen LogP contribution in [0.5, 0.6) is 0 Å².